The molecule has 0 spiro atoms. The minimum atomic E-state index is 0.498. The highest BCUT2D eigenvalue weighted by atomic mass is 14.7. The fraction of sp³-hybridized carbons (Fsp3) is 0.455. The summed E-state index contributed by atoms with van der Waals surface area (Å²) >= 11 is 0. The number of pyridine rings is 1. The van der Waals surface area contributed by atoms with Crippen molar-refractivity contribution < 1.29 is 0 Å². The van der Waals surface area contributed by atoms with Crippen LogP contribution in [0.15, 0.2) is 18.3 Å². The maximum Gasteiger partial charge on any atom is 0.101 e. The van der Waals surface area contributed by atoms with Gasteiger partial charge >= 0.3 is 0 Å². The van der Waals surface area contributed by atoms with Gasteiger partial charge in [0.25, 0.3) is 0 Å². The predicted octanol–water partition coefficient (Wildman–Crippen LogP) is 2.86. The smallest absolute Gasteiger partial charge is 0.101 e. The number of nitriles is 1. The summed E-state index contributed by atoms with van der Waals surface area (Å²) in [6, 6.07) is 5.83. The number of nitrogens with zero attached hydrogens (tertiary/aromatic N) is 2. The topological polar surface area (TPSA) is 36.7 Å². The lowest BCUT2D eigenvalue weighted by Gasteiger charge is -2.08. The highest BCUT2D eigenvalue weighted by molar-refractivity contribution is 5.27. The second-order valence-corrected chi connectivity index (χ2v) is 3.27. The van der Waals surface area contributed by atoms with Crippen LogP contribution >= 0.6 is 0 Å². The van der Waals surface area contributed by atoms with E-state index in [1.54, 1.807) is 6.20 Å². The van der Waals surface area contributed by atoms with E-state index in [9.17, 15) is 0 Å². The SMILES string of the molecule is CCCC(C)c1ccc(C#N)cn1. The van der Waals surface area contributed by atoms with Gasteiger partial charge in [0.1, 0.15) is 6.07 Å². The quantitative estimate of drug-likeness (QED) is 0.706. The van der Waals surface area contributed by atoms with Crippen LogP contribution < -0.4 is 0 Å². The Labute approximate surface area is 79.2 Å². The molecule has 1 atom stereocenters. The van der Waals surface area contributed by atoms with Gasteiger partial charge in [0.05, 0.1) is 5.56 Å². The maximum atomic E-state index is 8.58. The molecule has 0 aliphatic rings. The van der Waals surface area contributed by atoms with Gasteiger partial charge < -0.3 is 0 Å². The molecule has 0 amide bonds. The van der Waals surface area contributed by atoms with Crippen LogP contribution in [-0.2, 0) is 0 Å². The molecule has 2 nitrogen and oxygen atoms in total. The standard InChI is InChI=1S/C11H14N2/c1-3-4-9(2)11-6-5-10(7-12)8-13-11/h5-6,8-9H,3-4H2,1-2H3. The largest absolute Gasteiger partial charge is 0.260 e. The fourth-order valence-corrected chi connectivity index (χ4v) is 1.34. The van der Waals surface area contributed by atoms with Gasteiger partial charge in [-0.3, -0.25) is 4.98 Å². The zero-order valence-electron chi connectivity index (χ0n) is 8.12. The Hall–Kier alpha value is -1.36. The summed E-state index contributed by atoms with van der Waals surface area (Å²) in [5.41, 5.74) is 1.72. The minimum Gasteiger partial charge on any atom is -0.260 e. The molecule has 1 aromatic heterocycles. The van der Waals surface area contributed by atoms with Crippen LogP contribution in [0.3, 0.4) is 0 Å². The van der Waals surface area contributed by atoms with Crippen molar-refractivity contribution in [3.63, 3.8) is 0 Å². The summed E-state index contributed by atoms with van der Waals surface area (Å²) < 4.78 is 0. The summed E-state index contributed by atoms with van der Waals surface area (Å²) in [4.78, 5) is 4.25. The minimum absolute atomic E-state index is 0.498. The van der Waals surface area contributed by atoms with E-state index in [1.807, 2.05) is 12.1 Å². The first-order valence-corrected chi connectivity index (χ1v) is 4.64. The number of aromatic nitrogens is 1. The van der Waals surface area contributed by atoms with E-state index in [0.29, 0.717) is 11.5 Å². The molecule has 68 valence electrons. The van der Waals surface area contributed by atoms with E-state index in [-0.39, 0.29) is 0 Å². The van der Waals surface area contributed by atoms with Crippen molar-refractivity contribution in [1.82, 2.24) is 4.98 Å². The van der Waals surface area contributed by atoms with E-state index >= 15 is 0 Å². The highest BCUT2D eigenvalue weighted by Crippen LogP contribution is 2.17. The van der Waals surface area contributed by atoms with Crippen molar-refractivity contribution in [3.8, 4) is 6.07 Å². The molecule has 0 bridgehead atoms. The van der Waals surface area contributed by atoms with Gasteiger partial charge in [-0.05, 0) is 24.5 Å². The second kappa shape index (κ2) is 4.61. The number of rotatable bonds is 3. The average Bonchev–Trinajstić information content (AvgIpc) is 2.18. The lowest BCUT2D eigenvalue weighted by atomic mass is 10.0. The summed E-state index contributed by atoms with van der Waals surface area (Å²) in [5, 5.41) is 8.58. The molecule has 1 unspecified atom stereocenters. The molecule has 2 heteroatoms. The van der Waals surface area contributed by atoms with E-state index in [2.05, 4.69) is 24.9 Å². The molecule has 0 saturated heterocycles. The summed E-state index contributed by atoms with van der Waals surface area (Å²) in [5.74, 6) is 0.498. The Morgan fingerprint density at radius 2 is 2.31 bits per heavy atom. The first-order chi connectivity index (χ1) is 6.27. The van der Waals surface area contributed by atoms with Gasteiger partial charge in [-0.2, -0.15) is 5.26 Å². The van der Waals surface area contributed by atoms with Crippen LogP contribution in [0.2, 0.25) is 0 Å². The lowest BCUT2D eigenvalue weighted by Crippen LogP contribution is -1.96. The van der Waals surface area contributed by atoms with Crippen molar-refractivity contribution >= 4 is 0 Å². The zero-order chi connectivity index (χ0) is 9.68. The van der Waals surface area contributed by atoms with Crippen molar-refractivity contribution in [2.45, 2.75) is 32.6 Å². The molecule has 0 aliphatic heterocycles. The molecule has 13 heavy (non-hydrogen) atoms. The molecular weight excluding hydrogens is 160 g/mol. The van der Waals surface area contributed by atoms with Crippen LogP contribution in [-0.4, -0.2) is 4.98 Å². The van der Waals surface area contributed by atoms with Crippen LogP contribution in [0.5, 0.6) is 0 Å². The summed E-state index contributed by atoms with van der Waals surface area (Å²) in [6.07, 6.45) is 3.96. The number of hydrogen-bond acceptors (Lipinski definition) is 2. The van der Waals surface area contributed by atoms with Gasteiger partial charge in [0.15, 0.2) is 0 Å². The van der Waals surface area contributed by atoms with Crippen molar-refractivity contribution in [2.75, 3.05) is 0 Å². The third-order valence-electron chi connectivity index (χ3n) is 2.14. The van der Waals surface area contributed by atoms with Crippen molar-refractivity contribution in [2.24, 2.45) is 0 Å². The van der Waals surface area contributed by atoms with Crippen LogP contribution in [0.25, 0.3) is 0 Å². The van der Waals surface area contributed by atoms with Crippen molar-refractivity contribution in [1.29, 1.82) is 5.26 Å². The van der Waals surface area contributed by atoms with Crippen LogP contribution in [0.4, 0.5) is 0 Å². The Balaban J connectivity index is 2.75. The maximum absolute atomic E-state index is 8.58. The van der Waals surface area contributed by atoms with E-state index in [1.165, 1.54) is 6.42 Å². The Bertz CT molecular complexity index is 295. The molecule has 0 fully saturated rings. The molecule has 0 N–H and O–H groups in total. The molecule has 1 aromatic rings. The van der Waals surface area contributed by atoms with Gasteiger partial charge in [0, 0.05) is 11.9 Å². The number of hydrogen-bond donors (Lipinski definition) is 0. The zero-order valence-corrected chi connectivity index (χ0v) is 8.12. The molecule has 0 radical (unpaired) electrons. The van der Waals surface area contributed by atoms with E-state index < -0.39 is 0 Å². The van der Waals surface area contributed by atoms with E-state index in [0.717, 1.165) is 12.1 Å². The molecule has 0 saturated carbocycles. The molecule has 1 heterocycles. The lowest BCUT2D eigenvalue weighted by molar-refractivity contribution is 0.647. The third kappa shape index (κ3) is 2.55. The Morgan fingerprint density at radius 3 is 2.77 bits per heavy atom. The Kier molecular flexibility index (Phi) is 3.45. The van der Waals surface area contributed by atoms with Gasteiger partial charge in [-0.15, -0.1) is 0 Å². The summed E-state index contributed by atoms with van der Waals surface area (Å²) in [6.45, 7) is 4.33. The Morgan fingerprint density at radius 1 is 1.54 bits per heavy atom. The highest BCUT2D eigenvalue weighted by Gasteiger charge is 2.04. The second-order valence-electron chi connectivity index (χ2n) is 3.27. The normalized spacial score (nSPS) is 12.1. The molecule has 1 rings (SSSR count). The fourth-order valence-electron chi connectivity index (χ4n) is 1.34. The molecular formula is C11H14N2. The summed E-state index contributed by atoms with van der Waals surface area (Å²) in [7, 11) is 0. The van der Waals surface area contributed by atoms with Gasteiger partial charge in [-0.25, -0.2) is 0 Å². The van der Waals surface area contributed by atoms with Crippen LogP contribution in [0, 0.1) is 11.3 Å². The first-order valence-electron chi connectivity index (χ1n) is 4.64. The monoisotopic (exact) mass is 174 g/mol. The third-order valence-corrected chi connectivity index (χ3v) is 2.14. The average molecular weight is 174 g/mol. The van der Waals surface area contributed by atoms with Crippen LogP contribution in [0.1, 0.15) is 43.9 Å². The molecule has 0 aliphatic carbocycles. The van der Waals surface area contributed by atoms with Crippen molar-refractivity contribution in [3.05, 3.63) is 29.6 Å². The molecule has 0 aromatic carbocycles. The first kappa shape index (κ1) is 9.73. The van der Waals surface area contributed by atoms with Gasteiger partial charge in [-0.1, -0.05) is 20.3 Å². The predicted molar refractivity (Wildman–Crippen MR) is 52.3 cm³/mol. The van der Waals surface area contributed by atoms with Gasteiger partial charge in [0.2, 0.25) is 0 Å². The van der Waals surface area contributed by atoms with E-state index in [4.69, 9.17) is 5.26 Å².